The molecule has 1 nitrogen and oxygen atoms in total. The van der Waals surface area contributed by atoms with Crippen molar-refractivity contribution in [1.82, 2.24) is 0 Å². The summed E-state index contributed by atoms with van der Waals surface area (Å²) >= 11 is 5.19. The van der Waals surface area contributed by atoms with Gasteiger partial charge in [0, 0.05) is 15.8 Å². The number of aryl methyl sites for hydroxylation is 2. The highest BCUT2D eigenvalue weighted by Crippen LogP contribution is 2.32. The maximum Gasteiger partial charge on any atom is 0.0917 e. The van der Waals surface area contributed by atoms with Gasteiger partial charge in [-0.15, -0.1) is 11.3 Å². The molecule has 0 bridgehead atoms. The fraction of sp³-hybridized carbons (Fsp3) is 0.333. The molecule has 1 aromatic heterocycles. The van der Waals surface area contributed by atoms with Crippen LogP contribution in [0.4, 0.5) is 0 Å². The minimum Gasteiger partial charge on any atom is -0.385 e. The van der Waals surface area contributed by atoms with Crippen LogP contribution in [0.2, 0.25) is 0 Å². The third-order valence-corrected chi connectivity index (χ3v) is 4.97. The second kappa shape index (κ2) is 5.16. The van der Waals surface area contributed by atoms with Crippen molar-refractivity contribution in [2.45, 2.75) is 32.8 Å². The maximum absolute atomic E-state index is 10.7. The monoisotopic (exact) mass is 324 g/mol. The summed E-state index contributed by atoms with van der Waals surface area (Å²) in [5.74, 6) is 0. The molecule has 3 heteroatoms. The second-order valence-corrected chi connectivity index (χ2v) is 6.87. The van der Waals surface area contributed by atoms with Gasteiger partial charge >= 0.3 is 0 Å². The summed E-state index contributed by atoms with van der Waals surface area (Å²) in [5.41, 5.74) is 2.54. The van der Waals surface area contributed by atoms with Gasteiger partial charge in [-0.3, -0.25) is 0 Å². The zero-order valence-corrected chi connectivity index (χ0v) is 13.2. The van der Waals surface area contributed by atoms with Gasteiger partial charge in [-0.25, -0.2) is 0 Å². The number of aliphatic hydroxyl groups is 1. The molecule has 18 heavy (non-hydrogen) atoms. The summed E-state index contributed by atoms with van der Waals surface area (Å²) in [7, 11) is 0. The number of halogens is 1. The van der Waals surface area contributed by atoms with E-state index >= 15 is 0 Å². The van der Waals surface area contributed by atoms with Crippen LogP contribution >= 0.6 is 27.3 Å². The topological polar surface area (TPSA) is 20.2 Å². The van der Waals surface area contributed by atoms with E-state index in [1.54, 1.807) is 11.3 Å². The Morgan fingerprint density at radius 1 is 1.22 bits per heavy atom. The largest absolute Gasteiger partial charge is 0.385 e. The summed E-state index contributed by atoms with van der Waals surface area (Å²) in [6, 6.07) is 8.28. The van der Waals surface area contributed by atoms with Crippen LogP contribution in [0.15, 0.2) is 34.1 Å². The van der Waals surface area contributed by atoms with E-state index in [1.165, 1.54) is 16.0 Å². The third kappa shape index (κ3) is 3.02. The Morgan fingerprint density at radius 2 is 1.83 bits per heavy atom. The molecular weight excluding hydrogens is 308 g/mol. The highest BCUT2D eigenvalue weighted by Gasteiger charge is 2.25. The molecular formula is C15H17BrOS. The minimum atomic E-state index is -0.829. The highest BCUT2D eigenvalue weighted by atomic mass is 79.9. The summed E-state index contributed by atoms with van der Waals surface area (Å²) in [6.45, 7) is 6.01. The van der Waals surface area contributed by atoms with Gasteiger partial charge in [-0.05, 0) is 53.7 Å². The molecule has 2 rings (SSSR count). The van der Waals surface area contributed by atoms with Crippen LogP contribution in [0.1, 0.15) is 28.5 Å². The number of rotatable bonds is 3. The first-order valence-corrected chi connectivity index (χ1v) is 7.59. The fourth-order valence-electron chi connectivity index (χ4n) is 2.15. The third-order valence-electron chi connectivity index (χ3n) is 3.04. The highest BCUT2D eigenvalue weighted by molar-refractivity contribution is 9.10. The Hall–Kier alpha value is -0.640. The van der Waals surface area contributed by atoms with Crippen molar-refractivity contribution >= 4 is 27.3 Å². The standard InChI is InChI=1S/C15H17BrOS/c1-10-6-11(2)8-12(7-10)15(3,17)9-14-13(16)4-5-18-14/h4-8,17H,9H2,1-3H3. The zero-order chi connectivity index (χ0) is 13.3. The average Bonchev–Trinajstić information content (AvgIpc) is 2.62. The molecule has 0 saturated heterocycles. The van der Waals surface area contributed by atoms with Gasteiger partial charge in [-0.2, -0.15) is 0 Å². The SMILES string of the molecule is Cc1cc(C)cc(C(C)(O)Cc2sccc2Br)c1. The molecule has 2 aromatic rings. The van der Waals surface area contributed by atoms with E-state index in [4.69, 9.17) is 0 Å². The predicted octanol–water partition coefficient (Wildman–Crippen LogP) is 4.58. The summed E-state index contributed by atoms with van der Waals surface area (Å²) in [6.07, 6.45) is 0.633. The Balaban J connectivity index is 2.33. The van der Waals surface area contributed by atoms with E-state index in [0.717, 1.165) is 10.0 Å². The predicted molar refractivity (Wildman–Crippen MR) is 81.2 cm³/mol. The molecule has 0 amide bonds. The molecule has 1 N–H and O–H groups in total. The van der Waals surface area contributed by atoms with Crippen molar-refractivity contribution < 1.29 is 5.11 Å². The first-order chi connectivity index (χ1) is 8.38. The van der Waals surface area contributed by atoms with Crippen LogP contribution in [0, 0.1) is 13.8 Å². The molecule has 0 aliphatic carbocycles. The van der Waals surface area contributed by atoms with Gasteiger partial charge < -0.3 is 5.11 Å². The summed E-state index contributed by atoms with van der Waals surface area (Å²) < 4.78 is 1.08. The van der Waals surface area contributed by atoms with Gasteiger partial charge in [-0.1, -0.05) is 29.3 Å². The average molecular weight is 325 g/mol. The summed E-state index contributed by atoms with van der Waals surface area (Å²) in [5, 5.41) is 12.8. The quantitative estimate of drug-likeness (QED) is 0.876. The van der Waals surface area contributed by atoms with E-state index in [0.29, 0.717) is 6.42 Å². The first-order valence-electron chi connectivity index (χ1n) is 5.91. The van der Waals surface area contributed by atoms with E-state index in [1.807, 2.05) is 18.4 Å². The van der Waals surface area contributed by atoms with Crippen molar-refractivity contribution in [2.24, 2.45) is 0 Å². The number of hydrogen-bond donors (Lipinski definition) is 1. The molecule has 1 heterocycles. The smallest absolute Gasteiger partial charge is 0.0917 e. The van der Waals surface area contributed by atoms with E-state index in [2.05, 4.69) is 48.0 Å². The van der Waals surface area contributed by atoms with Crippen LogP contribution in [-0.2, 0) is 12.0 Å². The molecule has 0 aliphatic heterocycles. The minimum absolute atomic E-state index is 0.633. The zero-order valence-electron chi connectivity index (χ0n) is 10.8. The second-order valence-electron chi connectivity index (χ2n) is 5.02. The molecule has 0 spiro atoms. The molecule has 1 unspecified atom stereocenters. The molecule has 0 aliphatic rings. The number of benzene rings is 1. The van der Waals surface area contributed by atoms with E-state index < -0.39 is 5.60 Å². The first kappa shape index (κ1) is 13.8. The van der Waals surface area contributed by atoms with Gasteiger partial charge in [0.1, 0.15) is 0 Å². The van der Waals surface area contributed by atoms with Crippen molar-refractivity contribution in [1.29, 1.82) is 0 Å². The Kier molecular flexibility index (Phi) is 3.95. The lowest BCUT2D eigenvalue weighted by Gasteiger charge is -2.24. The van der Waals surface area contributed by atoms with Crippen LogP contribution in [0.25, 0.3) is 0 Å². The fourth-order valence-corrected chi connectivity index (χ4v) is 3.79. The molecule has 0 saturated carbocycles. The molecule has 1 aromatic carbocycles. The lowest BCUT2D eigenvalue weighted by Crippen LogP contribution is -2.24. The molecule has 96 valence electrons. The van der Waals surface area contributed by atoms with Crippen molar-refractivity contribution in [3.63, 3.8) is 0 Å². The van der Waals surface area contributed by atoms with Crippen LogP contribution in [0.5, 0.6) is 0 Å². The Labute approximate surface area is 121 Å². The Bertz CT molecular complexity index is 537. The number of thiophene rings is 1. The molecule has 0 radical (unpaired) electrons. The van der Waals surface area contributed by atoms with Crippen molar-refractivity contribution in [3.8, 4) is 0 Å². The van der Waals surface area contributed by atoms with Crippen LogP contribution in [-0.4, -0.2) is 5.11 Å². The van der Waals surface area contributed by atoms with Crippen molar-refractivity contribution in [2.75, 3.05) is 0 Å². The van der Waals surface area contributed by atoms with Crippen molar-refractivity contribution in [3.05, 3.63) is 55.7 Å². The number of hydrogen-bond acceptors (Lipinski definition) is 2. The van der Waals surface area contributed by atoms with Gasteiger partial charge in [0.2, 0.25) is 0 Å². The lowest BCUT2D eigenvalue weighted by molar-refractivity contribution is 0.0582. The van der Waals surface area contributed by atoms with Gasteiger partial charge in [0.05, 0.1) is 5.60 Å². The molecule has 0 fully saturated rings. The lowest BCUT2D eigenvalue weighted by atomic mass is 9.89. The van der Waals surface area contributed by atoms with E-state index in [-0.39, 0.29) is 0 Å². The van der Waals surface area contributed by atoms with E-state index in [9.17, 15) is 5.11 Å². The van der Waals surface area contributed by atoms with Gasteiger partial charge in [0.25, 0.3) is 0 Å². The van der Waals surface area contributed by atoms with Crippen LogP contribution < -0.4 is 0 Å². The van der Waals surface area contributed by atoms with Crippen LogP contribution in [0.3, 0.4) is 0 Å². The normalized spacial score (nSPS) is 14.5. The van der Waals surface area contributed by atoms with Gasteiger partial charge in [0.15, 0.2) is 0 Å². The Morgan fingerprint density at radius 3 is 2.33 bits per heavy atom. The maximum atomic E-state index is 10.7. The molecule has 1 atom stereocenters. The summed E-state index contributed by atoms with van der Waals surface area (Å²) in [4.78, 5) is 1.18.